The fourth-order valence-corrected chi connectivity index (χ4v) is 3.52. The highest BCUT2D eigenvalue weighted by Crippen LogP contribution is 2.07. The summed E-state index contributed by atoms with van der Waals surface area (Å²) in [6.45, 7) is 11.4. The van der Waals surface area contributed by atoms with Crippen LogP contribution in [0.3, 0.4) is 0 Å². The van der Waals surface area contributed by atoms with Crippen LogP contribution in [-0.2, 0) is 38.0 Å². The van der Waals surface area contributed by atoms with Crippen LogP contribution in [0.15, 0.2) is 0 Å². The lowest BCUT2D eigenvalue weighted by molar-refractivity contribution is -0.145. The summed E-state index contributed by atoms with van der Waals surface area (Å²) < 4.78 is 38.1. The van der Waals surface area contributed by atoms with Crippen molar-refractivity contribution in [1.82, 2.24) is 0 Å². The first-order chi connectivity index (χ1) is 18.3. The molecule has 0 radical (unpaired) electrons. The van der Waals surface area contributed by atoms with E-state index >= 15 is 0 Å². The normalized spacial score (nSPS) is 11.3. The molecule has 0 aromatic heterocycles. The molecule has 0 fully saturated rings. The summed E-state index contributed by atoms with van der Waals surface area (Å²) >= 11 is 0. The number of carbonyl (C=O) groups is 1. The minimum absolute atomic E-state index is 0.132. The molecule has 0 heterocycles. The Morgan fingerprint density at radius 2 is 0.703 bits per heavy atom. The van der Waals surface area contributed by atoms with Crippen LogP contribution in [0.25, 0.3) is 0 Å². The second-order valence-electron chi connectivity index (χ2n) is 9.18. The Balaban J connectivity index is 3.09. The second kappa shape index (κ2) is 33.3. The average Bonchev–Trinajstić information content (AvgIpc) is 2.90. The zero-order chi connectivity index (χ0) is 26.9. The van der Waals surface area contributed by atoms with Crippen LogP contribution >= 0.6 is 0 Å². The molecule has 0 aliphatic rings. The molecule has 0 atom stereocenters. The number of carbonyl (C=O) groups excluding carboxylic acids is 1. The Morgan fingerprint density at radius 3 is 1.14 bits per heavy atom. The molecule has 0 bridgehead atoms. The summed E-state index contributed by atoms with van der Waals surface area (Å²) in [6, 6.07) is 0. The molecule has 8 nitrogen and oxygen atoms in total. The quantitative estimate of drug-likeness (QED) is 0.0798. The zero-order valence-corrected chi connectivity index (χ0v) is 24.2. The van der Waals surface area contributed by atoms with Gasteiger partial charge in [0.05, 0.1) is 72.7 Å². The molecule has 0 aliphatic heterocycles. The fourth-order valence-electron chi connectivity index (χ4n) is 3.52. The Kier molecular flexibility index (Phi) is 32.6. The molecule has 0 aromatic rings. The maximum Gasteiger partial charge on any atom is 0.305 e. The van der Waals surface area contributed by atoms with Crippen LogP contribution < -0.4 is 0 Å². The van der Waals surface area contributed by atoms with Gasteiger partial charge in [-0.15, -0.1) is 0 Å². The van der Waals surface area contributed by atoms with Gasteiger partial charge < -0.3 is 33.2 Å². The van der Waals surface area contributed by atoms with Crippen molar-refractivity contribution in [3.8, 4) is 0 Å². The highest BCUT2D eigenvalue weighted by Gasteiger charge is 2.02. The molecule has 0 unspecified atom stereocenters. The van der Waals surface area contributed by atoms with Crippen LogP contribution in [0.4, 0.5) is 0 Å². The van der Waals surface area contributed by atoms with E-state index in [1.54, 1.807) is 0 Å². The third kappa shape index (κ3) is 33.2. The molecule has 0 saturated heterocycles. The molecular weight excluding hydrogens is 476 g/mol. The van der Waals surface area contributed by atoms with Crippen LogP contribution in [0, 0.1) is 0 Å². The van der Waals surface area contributed by atoms with Crippen LogP contribution in [-0.4, -0.2) is 91.9 Å². The second-order valence-corrected chi connectivity index (χ2v) is 9.18. The van der Waals surface area contributed by atoms with Crippen molar-refractivity contribution in [2.24, 2.45) is 0 Å². The molecule has 8 heteroatoms. The van der Waals surface area contributed by atoms with E-state index in [2.05, 4.69) is 13.8 Å². The van der Waals surface area contributed by atoms with Gasteiger partial charge in [0, 0.05) is 13.0 Å². The summed E-state index contributed by atoms with van der Waals surface area (Å²) in [7, 11) is 0. The van der Waals surface area contributed by atoms with Gasteiger partial charge in [-0.25, -0.2) is 0 Å². The van der Waals surface area contributed by atoms with E-state index in [4.69, 9.17) is 33.2 Å². The van der Waals surface area contributed by atoms with Crippen LogP contribution in [0.1, 0.15) is 97.3 Å². The summed E-state index contributed by atoms with van der Waals surface area (Å²) in [4.78, 5) is 11.6. The van der Waals surface area contributed by atoms with Gasteiger partial charge >= 0.3 is 5.97 Å². The first kappa shape index (κ1) is 36.2. The fraction of sp³-hybridized carbons (Fsp3) is 0.966. The molecule has 37 heavy (non-hydrogen) atoms. The lowest BCUT2D eigenvalue weighted by atomic mass is 10.1. The Bertz CT molecular complexity index is 436. The Hall–Kier alpha value is -0.770. The Labute approximate surface area is 227 Å². The van der Waals surface area contributed by atoms with E-state index in [0.29, 0.717) is 85.7 Å². The largest absolute Gasteiger partial charge is 0.463 e. The minimum Gasteiger partial charge on any atom is -0.463 e. The standard InChI is InChI=1S/C29H58O8/c1-3-5-7-9-11-13-15-29(30)37-28-27-36-26-25-35-24-23-34-22-21-33-20-19-32-18-17-31-16-14-12-10-8-6-4-2/h3-28H2,1-2H3. The number of hydrogen-bond donors (Lipinski definition) is 0. The smallest absolute Gasteiger partial charge is 0.305 e. The number of unbranched alkanes of at least 4 members (excludes halogenated alkanes) is 10. The minimum atomic E-state index is -0.132. The van der Waals surface area contributed by atoms with Crippen molar-refractivity contribution in [3.05, 3.63) is 0 Å². The van der Waals surface area contributed by atoms with E-state index in [-0.39, 0.29) is 5.97 Å². The number of rotatable bonds is 32. The van der Waals surface area contributed by atoms with Gasteiger partial charge in [0.1, 0.15) is 6.61 Å². The van der Waals surface area contributed by atoms with Gasteiger partial charge in [-0.2, -0.15) is 0 Å². The van der Waals surface area contributed by atoms with Crippen molar-refractivity contribution >= 4 is 5.97 Å². The van der Waals surface area contributed by atoms with Gasteiger partial charge in [-0.1, -0.05) is 78.1 Å². The molecule has 222 valence electrons. The topological polar surface area (TPSA) is 81.7 Å². The summed E-state index contributed by atoms with van der Waals surface area (Å²) in [6.07, 6.45) is 15.2. The van der Waals surface area contributed by atoms with Crippen molar-refractivity contribution in [2.45, 2.75) is 97.3 Å². The zero-order valence-electron chi connectivity index (χ0n) is 24.2. The molecule has 0 aliphatic carbocycles. The van der Waals surface area contributed by atoms with Gasteiger partial charge in [-0.05, 0) is 12.8 Å². The van der Waals surface area contributed by atoms with Crippen molar-refractivity contribution < 1.29 is 38.0 Å². The third-order valence-corrected chi connectivity index (χ3v) is 5.73. The highest BCUT2D eigenvalue weighted by molar-refractivity contribution is 5.69. The predicted molar refractivity (Wildman–Crippen MR) is 147 cm³/mol. The van der Waals surface area contributed by atoms with Gasteiger partial charge in [-0.3, -0.25) is 4.79 Å². The van der Waals surface area contributed by atoms with Gasteiger partial charge in [0.2, 0.25) is 0 Å². The van der Waals surface area contributed by atoms with E-state index < -0.39 is 0 Å². The lowest BCUT2D eigenvalue weighted by Gasteiger charge is -2.08. The number of esters is 1. The molecule has 0 amide bonds. The predicted octanol–water partition coefficient (Wildman–Crippen LogP) is 5.74. The maximum absolute atomic E-state index is 11.6. The monoisotopic (exact) mass is 534 g/mol. The summed E-state index contributed by atoms with van der Waals surface area (Å²) in [5, 5.41) is 0. The summed E-state index contributed by atoms with van der Waals surface area (Å²) in [5.41, 5.74) is 0. The molecule has 0 saturated carbocycles. The number of hydrogen-bond acceptors (Lipinski definition) is 8. The van der Waals surface area contributed by atoms with Crippen LogP contribution in [0.5, 0.6) is 0 Å². The van der Waals surface area contributed by atoms with E-state index in [9.17, 15) is 4.79 Å². The third-order valence-electron chi connectivity index (χ3n) is 5.73. The first-order valence-electron chi connectivity index (χ1n) is 14.9. The lowest BCUT2D eigenvalue weighted by Crippen LogP contribution is -2.15. The molecule has 0 rings (SSSR count). The van der Waals surface area contributed by atoms with E-state index in [0.717, 1.165) is 25.9 Å². The SMILES string of the molecule is CCCCCCCCOCCOCCOCCOCCOCCOCCOC(=O)CCCCCCCC. The Morgan fingerprint density at radius 1 is 0.378 bits per heavy atom. The van der Waals surface area contributed by atoms with Gasteiger partial charge in [0.15, 0.2) is 0 Å². The summed E-state index contributed by atoms with van der Waals surface area (Å²) in [5.74, 6) is -0.132. The van der Waals surface area contributed by atoms with Crippen molar-refractivity contribution in [1.29, 1.82) is 0 Å². The van der Waals surface area contributed by atoms with Crippen LogP contribution in [0.2, 0.25) is 0 Å². The van der Waals surface area contributed by atoms with E-state index in [1.165, 1.54) is 57.8 Å². The van der Waals surface area contributed by atoms with E-state index in [1.807, 2.05) is 0 Å². The van der Waals surface area contributed by atoms with Crippen molar-refractivity contribution in [2.75, 3.05) is 85.9 Å². The molecule has 0 spiro atoms. The molecule has 0 N–H and O–H groups in total. The highest BCUT2D eigenvalue weighted by atomic mass is 16.6. The first-order valence-corrected chi connectivity index (χ1v) is 14.9. The van der Waals surface area contributed by atoms with Gasteiger partial charge in [0.25, 0.3) is 0 Å². The molecular formula is C29H58O8. The van der Waals surface area contributed by atoms with Crippen molar-refractivity contribution in [3.63, 3.8) is 0 Å². The molecule has 0 aromatic carbocycles. The average molecular weight is 535 g/mol. The number of ether oxygens (including phenoxy) is 7. The maximum atomic E-state index is 11.6.